The third kappa shape index (κ3) is 4.58. The average Bonchev–Trinajstić information content (AvgIpc) is 3.17. The van der Waals surface area contributed by atoms with Crippen molar-refractivity contribution in [1.82, 2.24) is 4.98 Å². The van der Waals surface area contributed by atoms with E-state index in [1.807, 2.05) is 30.3 Å². The van der Waals surface area contributed by atoms with Gasteiger partial charge in [-0.1, -0.05) is 30.3 Å². The topological polar surface area (TPSA) is 56.3 Å². The van der Waals surface area contributed by atoms with Crippen LogP contribution in [0.15, 0.2) is 83.8 Å². The summed E-state index contributed by atoms with van der Waals surface area (Å²) in [5, 5.41) is 0.764. The lowest BCUT2D eigenvalue weighted by molar-refractivity contribution is 0.305. The monoisotopic (exact) mass is 439 g/mol. The van der Waals surface area contributed by atoms with Gasteiger partial charge in [0.1, 0.15) is 23.2 Å². The van der Waals surface area contributed by atoms with Gasteiger partial charge in [0.05, 0.1) is 15.5 Å². The molecule has 4 rings (SSSR count). The molecule has 0 N–H and O–H groups in total. The van der Waals surface area contributed by atoms with Gasteiger partial charge in [0.25, 0.3) is 0 Å². The predicted octanol–water partition coefficient (Wildman–Crippen LogP) is 5.60. The molecule has 0 saturated carbocycles. The fourth-order valence-electron chi connectivity index (χ4n) is 2.94. The minimum Gasteiger partial charge on any atom is -0.486 e. The van der Waals surface area contributed by atoms with Crippen molar-refractivity contribution in [3.63, 3.8) is 0 Å². The summed E-state index contributed by atoms with van der Waals surface area (Å²) < 4.78 is 42.8. The van der Waals surface area contributed by atoms with Crippen LogP contribution in [-0.4, -0.2) is 19.7 Å². The maximum atomic E-state index is 13.4. The van der Waals surface area contributed by atoms with Gasteiger partial charge in [0, 0.05) is 11.8 Å². The van der Waals surface area contributed by atoms with Crippen molar-refractivity contribution in [2.75, 3.05) is 6.26 Å². The minimum absolute atomic E-state index is 0.256. The van der Waals surface area contributed by atoms with Crippen LogP contribution in [0.5, 0.6) is 5.75 Å². The summed E-state index contributed by atoms with van der Waals surface area (Å²) in [6, 6.07) is 22.3. The van der Waals surface area contributed by atoms with E-state index in [-0.39, 0.29) is 10.7 Å². The van der Waals surface area contributed by atoms with E-state index < -0.39 is 9.84 Å². The molecule has 3 aromatic carbocycles. The molecule has 0 radical (unpaired) electrons. The number of aromatic nitrogens is 1. The first-order valence-corrected chi connectivity index (χ1v) is 11.8. The van der Waals surface area contributed by atoms with Gasteiger partial charge in [0.15, 0.2) is 9.84 Å². The van der Waals surface area contributed by atoms with Crippen molar-refractivity contribution in [3.05, 3.63) is 89.7 Å². The second-order valence-electron chi connectivity index (χ2n) is 6.69. The molecule has 0 fully saturated rings. The van der Waals surface area contributed by atoms with Crippen LogP contribution in [0, 0.1) is 5.82 Å². The Labute approximate surface area is 178 Å². The largest absolute Gasteiger partial charge is 0.486 e. The lowest BCUT2D eigenvalue weighted by Gasteiger charge is -2.04. The van der Waals surface area contributed by atoms with Crippen molar-refractivity contribution in [2.45, 2.75) is 11.5 Å². The number of halogens is 1. The Hall–Kier alpha value is -3.03. The third-order valence-corrected chi connectivity index (χ3v) is 6.65. The van der Waals surface area contributed by atoms with Crippen LogP contribution in [0.2, 0.25) is 0 Å². The molecule has 4 aromatic rings. The SMILES string of the molecule is CS(=O)(=O)c1ccc(-c2sc(COc3ccccc3)nc2-c2ccc(F)cc2)cc1. The fourth-order valence-corrected chi connectivity index (χ4v) is 4.58. The average molecular weight is 440 g/mol. The van der Waals surface area contributed by atoms with Gasteiger partial charge in [-0.2, -0.15) is 0 Å². The number of sulfone groups is 1. The molecule has 0 unspecified atom stereocenters. The number of hydrogen-bond donors (Lipinski definition) is 0. The Bertz CT molecular complexity index is 1250. The standard InChI is InChI=1S/C23H18FNO3S2/c1-30(26,27)20-13-9-17(10-14-20)23-22(16-7-11-18(24)12-8-16)25-21(29-23)15-28-19-5-3-2-4-6-19/h2-14H,15H2,1H3. The van der Waals surface area contributed by atoms with Crippen molar-refractivity contribution in [3.8, 4) is 27.4 Å². The van der Waals surface area contributed by atoms with E-state index >= 15 is 0 Å². The van der Waals surface area contributed by atoms with Crippen LogP contribution in [0.3, 0.4) is 0 Å². The third-order valence-electron chi connectivity index (χ3n) is 4.44. The minimum atomic E-state index is -3.28. The quantitative estimate of drug-likeness (QED) is 0.392. The fraction of sp³-hybridized carbons (Fsp3) is 0.0870. The first-order chi connectivity index (χ1) is 14.4. The van der Waals surface area contributed by atoms with Crippen molar-refractivity contribution >= 4 is 21.2 Å². The van der Waals surface area contributed by atoms with Gasteiger partial charge in [-0.15, -0.1) is 11.3 Å². The van der Waals surface area contributed by atoms with Crippen LogP contribution in [0.4, 0.5) is 4.39 Å². The van der Waals surface area contributed by atoms with Crippen molar-refractivity contribution < 1.29 is 17.5 Å². The summed E-state index contributed by atoms with van der Waals surface area (Å²) >= 11 is 1.46. The Kier molecular flexibility index (Phi) is 5.65. The Morgan fingerprint density at radius 1 is 0.900 bits per heavy atom. The molecule has 152 valence electrons. The Balaban J connectivity index is 1.71. The van der Waals surface area contributed by atoms with E-state index in [9.17, 15) is 12.8 Å². The van der Waals surface area contributed by atoms with Gasteiger partial charge in [-0.3, -0.25) is 0 Å². The maximum absolute atomic E-state index is 13.4. The number of ether oxygens (including phenoxy) is 1. The molecule has 0 spiro atoms. The second kappa shape index (κ2) is 8.38. The molecule has 1 aromatic heterocycles. The van der Waals surface area contributed by atoms with Crippen molar-refractivity contribution in [2.24, 2.45) is 0 Å². The van der Waals surface area contributed by atoms with Crippen LogP contribution >= 0.6 is 11.3 Å². The van der Waals surface area contributed by atoms with E-state index in [1.165, 1.54) is 29.7 Å². The first-order valence-electron chi connectivity index (χ1n) is 9.14. The molecule has 0 aliphatic carbocycles. The summed E-state index contributed by atoms with van der Waals surface area (Å²) in [6.07, 6.45) is 1.18. The predicted molar refractivity (Wildman–Crippen MR) is 117 cm³/mol. The summed E-state index contributed by atoms with van der Waals surface area (Å²) in [5.41, 5.74) is 2.32. The molecule has 4 nitrogen and oxygen atoms in total. The highest BCUT2D eigenvalue weighted by Crippen LogP contribution is 2.37. The van der Waals surface area contributed by atoms with Gasteiger partial charge >= 0.3 is 0 Å². The van der Waals surface area contributed by atoms with E-state index in [0.717, 1.165) is 26.8 Å². The van der Waals surface area contributed by atoms with E-state index in [4.69, 9.17) is 9.72 Å². The normalized spacial score (nSPS) is 11.4. The molecule has 30 heavy (non-hydrogen) atoms. The van der Waals surface area contributed by atoms with Crippen molar-refractivity contribution in [1.29, 1.82) is 0 Å². The summed E-state index contributed by atoms with van der Waals surface area (Å²) in [6.45, 7) is 0.296. The zero-order chi connectivity index (χ0) is 21.1. The smallest absolute Gasteiger partial charge is 0.175 e. The summed E-state index contributed by atoms with van der Waals surface area (Å²) in [5.74, 6) is 0.427. The highest BCUT2D eigenvalue weighted by molar-refractivity contribution is 7.90. The first kappa shape index (κ1) is 20.3. The van der Waals surface area contributed by atoms with E-state index in [2.05, 4.69) is 0 Å². The number of benzene rings is 3. The van der Waals surface area contributed by atoms with Gasteiger partial charge < -0.3 is 4.74 Å². The molecular formula is C23H18FNO3S2. The number of hydrogen-bond acceptors (Lipinski definition) is 5. The number of rotatable bonds is 6. The van der Waals surface area contributed by atoms with Crippen LogP contribution in [-0.2, 0) is 16.4 Å². The van der Waals surface area contributed by atoms with Gasteiger partial charge in [-0.25, -0.2) is 17.8 Å². The molecule has 0 atom stereocenters. The van der Waals surface area contributed by atoms with E-state index in [1.54, 1.807) is 36.4 Å². The highest BCUT2D eigenvalue weighted by atomic mass is 32.2. The molecular weight excluding hydrogens is 421 g/mol. The molecule has 0 aliphatic heterocycles. The van der Waals surface area contributed by atoms with Gasteiger partial charge in [0.2, 0.25) is 0 Å². The maximum Gasteiger partial charge on any atom is 0.175 e. The lowest BCUT2D eigenvalue weighted by atomic mass is 10.1. The highest BCUT2D eigenvalue weighted by Gasteiger charge is 2.16. The van der Waals surface area contributed by atoms with E-state index in [0.29, 0.717) is 12.3 Å². The van der Waals surface area contributed by atoms with Gasteiger partial charge in [-0.05, 0) is 54.1 Å². The number of para-hydroxylation sites is 1. The molecule has 0 bridgehead atoms. The van der Waals surface area contributed by atoms with Crippen LogP contribution in [0.25, 0.3) is 21.7 Å². The zero-order valence-corrected chi connectivity index (χ0v) is 17.7. The second-order valence-corrected chi connectivity index (χ2v) is 9.79. The van der Waals surface area contributed by atoms with Crippen LogP contribution < -0.4 is 4.74 Å². The molecule has 0 aliphatic rings. The molecule has 1 heterocycles. The zero-order valence-electron chi connectivity index (χ0n) is 16.1. The Morgan fingerprint density at radius 3 is 2.17 bits per heavy atom. The number of nitrogens with zero attached hydrogens (tertiary/aromatic N) is 1. The lowest BCUT2D eigenvalue weighted by Crippen LogP contribution is -1.96. The van der Waals surface area contributed by atoms with Crippen LogP contribution in [0.1, 0.15) is 5.01 Å². The summed E-state index contributed by atoms with van der Waals surface area (Å²) in [4.78, 5) is 5.85. The Morgan fingerprint density at radius 2 is 1.53 bits per heavy atom. The number of thiazole rings is 1. The molecule has 0 saturated heterocycles. The molecule has 7 heteroatoms. The molecule has 0 amide bonds. The summed E-state index contributed by atoms with van der Waals surface area (Å²) in [7, 11) is -3.28.